The summed E-state index contributed by atoms with van der Waals surface area (Å²) in [4.78, 5) is 12.4. The molecule has 0 aliphatic rings. The molecule has 0 unspecified atom stereocenters. The lowest BCUT2D eigenvalue weighted by Crippen LogP contribution is -1.88. The predicted octanol–water partition coefficient (Wildman–Crippen LogP) is 2.96. The van der Waals surface area contributed by atoms with E-state index >= 15 is 0 Å². The van der Waals surface area contributed by atoms with E-state index in [0.29, 0.717) is 17.5 Å². The summed E-state index contributed by atoms with van der Waals surface area (Å²) in [6.07, 6.45) is 3.27. The maximum Gasteiger partial charge on any atom is 0.259 e. The van der Waals surface area contributed by atoms with Crippen molar-refractivity contribution in [3.63, 3.8) is 0 Å². The maximum absolute atomic E-state index is 5.21. The van der Waals surface area contributed by atoms with E-state index in [0.717, 1.165) is 10.0 Å². The molecule has 6 heteroatoms. The first-order valence-corrected chi connectivity index (χ1v) is 6.00. The summed E-state index contributed by atoms with van der Waals surface area (Å²) in [6.45, 7) is 0. The summed E-state index contributed by atoms with van der Waals surface area (Å²) in [5.41, 5.74) is 0.840. The van der Waals surface area contributed by atoms with Crippen LogP contribution in [0.3, 0.4) is 0 Å². The van der Waals surface area contributed by atoms with E-state index in [1.165, 1.54) is 0 Å². The highest BCUT2D eigenvalue weighted by molar-refractivity contribution is 9.10. The van der Waals surface area contributed by atoms with Crippen molar-refractivity contribution in [1.29, 1.82) is 0 Å². The van der Waals surface area contributed by atoms with Crippen molar-refractivity contribution in [3.05, 3.63) is 47.2 Å². The maximum atomic E-state index is 5.21. The fourth-order valence-corrected chi connectivity index (χ4v) is 1.93. The third-order valence-electron chi connectivity index (χ3n) is 2.30. The molecule has 0 aliphatic carbocycles. The molecule has 0 spiro atoms. The van der Waals surface area contributed by atoms with Crippen LogP contribution in [0.15, 0.2) is 51.7 Å². The lowest BCUT2D eigenvalue weighted by Gasteiger charge is -1.96. The molecule has 3 aromatic rings. The molecule has 2 heterocycles. The Kier molecular flexibility index (Phi) is 2.85. The van der Waals surface area contributed by atoms with E-state index in [1.807, 2.05) is 24.3 Å². The molecule has 0 fully saturated rings. The topological polar surface area (TPSA) is 64.7 Å². The summed E-state index contributed by atoms with van der Waals surface area (Å²) in [6, 6.07) is 9.37. The molecule has 1 aromatic carbocycles. The van der Waals surface area contributed by atoms with E-state index < -0.39 is 0 Å². The number of benzene rings is 1. The zero-order chi connectivity index (χ0) is 12.4. The minimum absolute atomic E-state index is 0.376. The van der Waals surface area contributed by atoms with Crippen molar-refractivity contribution in [2.75, 3.05) is 0 Å². The zero-order valence-electron chi connectivity index (χ0n) is 9.12. The van der Waals surface area contributed by atoms with Gasteiger partial charge in [-0.1, -0.05) is 17.3 Å². The zero-order valence-corrected chi connectivity index (χ0v) is 10.7. The van der Waals surface area contributed by atoms with Crippen molar-refractivity contribution < 1.29 is 4.52 Å². The van der Waals surface area contributed by atoms with Gasteiger partial charge in [0.15, 0.2) is 0 Å². The van der Waals surface area contributed by atoms with E-state index in [1.54, 1.807) is 18.5 Å². The molecule has 2 aromatic heterocycles. The monoisotopic (exact) mass is 302 g/mol. The Labute approximate surface area is 111 Å². The predicted molar refractivity (Wildman–Crippen MR) is 68.5 cm³/mol. The minimum atomic E-state index is 0.376. The van der Waals surface area contributed by atoms with Gasteiger partial charge in [0.2, 0.25) is 11.6 Å². The van der Waals surface area contributed by atoms with Gasteiger partial charge in [-0.2, -0.15) is 4.98 Å². The van der Waals surface area contributed by atoms with Crippen LogP contribution in [-0.4, -0.2) is 20.1 Å². The Balaban J connectivity index is 2.03. The van der Waals surface area contributed by atoms with Gasteiger partial charge < -0.3 is 4.52 Å². The molecule has 0 radical (unpaired) electrons. The lowest BCUT2D eigenvalue weighted by molar-refractivity contribution is 0.431. The van der Waals surface area contributed by atoms with Crippen LogP contribution in [0.4, 0.5) is 0 Å². The van der Waals surface area contributed by atoms with Gasteiger partial charge in [0, 0.05) is 16.9 Å². The van der Waals surface area contributed by atoms with E-state index in [9.17, 15) is 0 Å². The second-order valence-electron chi connectivity index (χ2n) is 3.48. The standard InChI is InChI=1S/C12H7BrN4O/c13-9-5-2-1-4-8(9)12-16-11(17-18-12)10-14-6-3-7-15-10/h1-7H. The van der Waals surface area contributed by atoms with Crippen LogP contribution in [0.25, 0.3) is 23.1 Å². The first-order chi connectivity index (χ1) is 8.84. The van der Waals surface area contributed by atoms with Gasteiger partial charge in [-0.25, -0.2) is 9.97 Å². The molecule has 18 heavy (non-hydrogen) atoms. The van der Waals surface area contributed by atoms with Crippen molar-refractivity contribution >= 4 is 15.9 Å². The summed E-state index contributed by atoms with van der Waals surface area (Å²) in [5, 5.41) is 3.87. The van der Waals surface area contributed by atoms with Gasteiger partial charge in [-0.15, -0.1) is 0 Å². The molecule has 3 rings (SSSR count). The SMILES string of the molecule is Brc1ccccc1-c1nc(-c2ncccn2)no1. The highest BCUT2D eigenvalue weighted by Crippen LogP contribution is 2.27. The minimum Gasteiger partial charge on any atom is -0.333 e. The fourth-order valence-electron chi connectivity index (χ4n) is 1.47. The van der Waals surface area contributed by atoms with Crippen LogP contribution >= 0.6 is 15.9 Å². The normalized spacial score (nSPS) is 10.5. The molecule has 0 bridgehead atoms. The highest BCUT2D eigenvalue weighted by atomic mass is 79.9. The van der Waals surface area contributed by atoms with Crippen LogP contribution < -0.4 is 0 Å². The Morgan fingerprint density at radius 3 is 2.50 bits per heavy atom. The van der Waals surface area contributed by atoms with E-state index in [2.05, 4.69) is 36.0 Å². The molecular weight excluding hydrogens is 296 g/mol. The fraction of sp³-hybridized carbons (Fsp3) is 0. The Morgan fingerprint density at radius 2 is 1.72 bits per heavy atom. The molecule has 0 atom stereocenters. The van der Waals surface area contributed by atoms with E-state index in [-0.39, 0.29) is 0 Å². The van der Waals surface area contributed by atoms with Crippen LogP contribution in [-0.2, 0) is 0 Å². The number of nitrogens with zero attached hydrogens (tertiary/aromatic N) is 4. The number of rotatable bonds is 2. The quantitative estimate of drug-likeness (QED) is 0.728. The van der Waals surface area contributed by atoms with Crippen LogP contribution in [0.1, 0.15) is 0 Å². The average Bonchev–Trinajstić information content (AvgIpc) is 2.90. The second kappa shape index (κ2) is 4.66. The third kappa shape index (κ3) is 2.02. The summed E-state index contributed by atoms with van der Waals surface area (Å²) in [7, 11) is 0. The van der Waals surface area contributed by atoms with Crippen LogP contribution in [0.5, 0.6) is 0 Å². The van der Waals surface area contributed by atoms with Crippen LogP contribution in [0, 0.1) is 0 Å². The average molecular weight is 303 g/mol. The molecular formula is C12H7BrN4O. The van der Waals surface area contributed by atoms with Crippen molar-refractivity contribution in [3.8, 4) is 23.1 Å². The molecule has 0 amide bonds. The third-order valence-corrected chi connectivity index (χ3v) is 2.99. The number of halogens is 1. The van der Waals surface area contributed by atoms with Gasteiger partial charge in [0.05, 0.1) is 5.56 Å². The Hall–Kier alpha value is -2.08. The Morgan fingerprint density at radius 1 is 0.944 bits per heavy atom. The first-order valence-electron chi connectivity index (χ1n) is 5.20. The molecule has 5 nitrogen and oxygen atoms in total. The summed E-state index contributed by atoms with van der Waals surface area (Å²) >= 11 is 3.44. The van der Waals surface area contributed by atoms with Gasteiger partial charge in [-0.3, -0.25) is 0 Å². The number of hydrogen-bond donors (Lipinski definition) is 0. The second-order valence-corrected chi connectivity index (χ2v) is 4.33. The van der Waals surface area contributed by atoms with Crippen LogP contribution in [0.2, 0.25) is 0 Å². The molecule has 0 saturated carbocycles. The number of hydrogen-bond acceptors (Lipinski definition) is 5. The first kappa shape index (κ1) is 11.0. The van der Waals surface area contributed by atoms with Gasteiger partial charge in [0.1, 0.15) is 0 Å². The smallest absolute Gasteiger partial charge is 0.259 e. The number of aromatic nitrogens is 4. The van der Waals surface area contributed by atoms with Gasteiger partial charge in [0.25, 0.3) is 5.89 Å². The van der Waals surface area contributed by atoms with Gasteiger partial charge in [-0.05, 0) is 34.1 Å². The van der Waals surface area contributed by atoms with Gasteiger partial charge >= 0.3 is 0 Å². The Bertz CT molecular complexity index is 669. The van der Waals surface area contributed by atoms with E-state index in [4.69, 9.17) is 4.52 Å². The highest BCUT2D eigenvalue weighted by Gasteiger charge is 2.13. The summed E-state index contributed by atoms with van der Waals surface area (Å²) in [5.74, 6) is 1.26. The molecule has 0 N–H and O–H groups in total. The molecule has 0 saturated heterocycles. The molecule has 88 valence electrons. The lowest BCUT2D eigenvalue weighted by atomic mass is 10.2. The molecule has 0 aliphatic heterocycles. The summed E-state index contributed by atoms with van der Waals surface area (Å²) < 4.78 is 6.11. The van der Waals surface area contributed by atoms with Crippen molar-refractivity contribution in [2.45, 2.75) is 0 Å². The largest absolute Gasteiger partial charge is 0.333 e. The van der Waals surface area contributed by atoms with Crippen molar-refractivity contribution in [2.24, 2.45) is 0 Å². The van der Waals surface area contributed by atoms with Crippen molar-refractivity contribution in [1.82, 2.24) is 20.1 Å².